The molecule has 0 atom stereocenters. The highest BCUT2D eigenvalue weighted by Crippen LogP contribution is 2.27. The number of quaternary nitrogens is 1. The molecule has 0 spiro atoms. The maximum atomic E-state index is 13.8. The molecule has 2 heterocycles. The van der Waals surface area contributed by atoms with Crippen LogP contribution in [0, 0.1) is 5.82 Å². The van der Waals surface area contributed by atoms with Crippen LogP contribution < -0.4 is 4.90 Å². The molecule has 1 aliphatic rings. The number of ether oxygens (including phenoxy) is 1. The third-order valence-electron chi connectivity index (χ3n) is 3.94. The van der Waals surface area contributed by atoms with E-state index in [2.05, 4.69) is 10.2 Å². The number of morpholine rings is 1. The molecular formula is C15H19ClFN4OS+. The van der Waals surface area contributed by atoms with Crippen LogP contribution in [0.4, 0.5) is 4.39 Å². The normalized spacial score (nSPS) is 16.0. The Labute approximate surface area is 143 Å². The summed E-state index contributed by atoms with van der Waals surface area (Å²) in [6, 6.07) is 4.73. The van der Waals surface area contributed by atoms with E-state index >= 15 is 0 Å². The van der Waals surface area contributed by atoms with E-state index in [1.165, 1.54) is 22.7 Å². The number of hydrogen-bond acceptors (Lipinski definition) is 4. The average molecular weight is 358 g/mol. The lowest BCUT2D eigenvalue weighted by Crippen LogP contribution is -3.12. The van der Waals surface area contributed by atoms with Crippen molar-refractivity contribution in [3.63, 3.8) is 0 Å². The van der Waals surface area contributed by atoms with Crippen LogP contribution in [0.1, 0.15) is 11.4 Å². The Morgan fingerprint density at radius 2 is 2.13 bits per heavy atom. The molecule has 1 aromatic carbocycles. The molecule has 124 valence electrons. The van der Waals surface area contributed by atoms with E-state index in [-0.39, 0.29) is 5.82 Å². The van der Waals surface area contributed by atoms with E-state index in [0.717, 1.165) is 43.8 Å². The largest absolute Gasteiger partial charge is 0.370 e. The van der Waals surface area contributed by atoms with Crippen LogP contribution in [0.3, 0.4) is 0 Å². The molecule has 1 saturated heterocycles. The van der Waals surface area contributed by atoms with E-state index in [0.29, 0.717) is 16.3 Å². The smallest absolute Gasteiger partial charge is 0.191 e. The number of hydrogen-bond donors (Lipinski definition) is 1. The topological polar surface area (TPSA) is 44.4 Å². The van der Waals surface area contributed by atoms with Crippen molar-refractivity contribution in [1.82, 2.24) is 14.8 Å². The van der Waals surface area contributed by atoms with Gasteiger partial charge in [0.25, 0.3) is 0 Å². The molecule has 1 aliphatic heterocycles. The van der Waals surface area contributed by atoms with Gasteiger partial charge in [0.2, 0.25) is 0 Å². The molecule has 0 radical (unpaired) electrons. The van der Waals surface area contributed by atoms with Gasteiger partial charge in [-0.1, -0.05) is 29.4 Å². The van der Waals surface area contributed by atoms with Gasteiger partial charge in [0.15, 0.2) is 11.0 Å². The van der Waals surface area contributed by atoms with Gasteiger partial charge in [-0.2, -0.15) is 0 Å². The van der Waals surface area contributed by atoms with Crippen molar-refractivity contribution in [2.24, 2.45) is 7.05 Å². The monoisotopic (exact) mass is 357 g/mol. The summed E-state index contributed by atoms with van der Waals surface area (Å²) < 4.78 is 21.2. The van der Waals surface area contributed by atoms with Gasteiger partial charge < -0.3 is 14.2 Å². The zero-order valence-corrected chi connectivity index (χ0v) is 14.5. The van der Waals surface area contributed by atoms with Crippen LogP contribution in [0.2, 0.25) is 5.02 Å². The fourth-order valence-electron chi connectivity index (χ4n) is 2.49. The molecule has 5 nitrogen and oxygen atoms in total. The van der Waals surface area contributed by atoms with Gasteiger partial charge in [-0.25, -0.2) is 4.39 Å². The molecule has 1 aromatic heterocycles. The predicted molar refractivity (Wildman–Crippen MR) is 87.2 cm³/mol. The Morgan fingerprint density at radius 1 is 1.35 bits per heavy atom. The first-order valence-electron chi connectivity index (χ1n) is 7.50. The third-order valence-corrected chi connectivity index (χ3v) is 5.34. The molecule has 0 saturated carbocycles. The minimum atomic E-state index is -0.287. The predicted octanol–water partition coefficient (Wildman–Crippen LogP) is 1.32. The van der Waals surface area contributed by atoms with Crippen molar-refractivity contribution < 1.29 is 14.0 Å². The molecule has 8 heteroatoms. The molecule has 2 aromatic rings. The summed E-state index contributed by atoms with van der Waals surface area (Å²) in [5.41, 5.74) is 0.502. The number of nitrogens with zero attached hydrogens (tertiary/aromatic N) is 3. The maximum Gasteiger partial charge on any atom is 0.191 e. The van der Waals surface area contributed by atoms with Gasteiger partial charge in [0.1, 0.15) is 25.5 Å². The number of rotatable bonds is 5. The number of benzene rings is 1. The second-order valence-corrected chi connectivity index (χ2v) is 6.84. The van der Waals surface area contributed by atoms with Gasteiger partial charge in [-0.05, 0) is 12.1 Å². The fourth-order valence-corrected chi connectivity index (χ4v) is 3.77. The Kier molecular flexibility index (Phi) is 5.53. The molecule has 1 N–H and O–H groups in total. The van der Waals surface area contributed by atoms with Crippen molar-refractivity contribution in [3.8, 4) is 0 Å². The molecule has 0 bridgehead atoms. The van der Waals surface area contributed by atoms with E-state index in [1.807, 2.05) is 11.6 Å². The summed E-state index contributed by atoms with van der Waals surface area (Å²) in [5, 5.41) is 9.70. The quantitative estimate of drug-likeness (QED) is 0.820. The van der Waals surface area contributed by atoms with E-state index in [1.54, 1.807) is 12.1 Å². The fraction of sp³-hybridized carbons (Fsp3) is 0.467. The van der Waals surface area contributed by atoms with Crippen LogP contribution in [0.25, 0.3) is 0 Å². The summed E-state index contributed by atoms with van der Waals surface area (Å²) in [6.07, 6.45) is 0. The Morgan fingerprint density at radius 3 is 2.87 bits per heavy atom. The van der Waals surface area contributed by atoms with Gasteiger partial charge in [0, 0.05) is 23.4 Å². The van der Waals surface area contributed by atoms with Crippen LogP contribution in [-0.2, 0) is 24.1 Å². The minimum Gasteiger partial charge on any atom is -0.370 e. The lowest BCUT2D eigenvalue weighted by atomic mass is 10.2. The number of thioether (sulfide) groups is 1. The minimum absolute atomic E-state index is 0.287. The van der Waals surface area contributed by atoms with Crippen LogP contribution in [0.15, 0.2) is 23.4 Å². The second-order valence-electron chi connectivity index (χ2n) is 5.49. The molecule has 0 amide bonds. The lowest BCUT2D eigenvalue weighted by molar-refractivity contribution is -0.922. The molecule has 0 unspecified atom stereocenters. The summed E-state index contributed by atoms with van der Waals surface area (Å²) in [7, 11) is 1.94. The van der Waals surface area contributed by atoms with Gasteiger partial charge in [-0.15, -0.1) is 10.2 Å². The van der Waals surface area contributed by atoms with Crippen molar-refractivity contribution in [3.05, 3.63) is 40.4 Å². The van der Waals surface area contributed by atoms with Crippen molar-refractivity contribution in [1.29, 1.82) is 0 Å². The van der Waals surface area contributed by atoms with Crippen LogP contribution in [0.5, 0.6) is 0 Å². The Bertz CT molecular complexity index is 655. The molecular weight excluding hydrogens is 339 g/mol. The van der Waals surface area contributed by atoms with Gasteiger partial charge in [0.05, 0.1) is 13.2 Å². The van der Waals surface area contributed by atoms with Crippen molar-refractivity contribution in [2.75, 3.05) is 26.3 Å². The molecule has 1 fully saturated rings. The number of halogens is 2. The molecule has 0 aliphatic carbocycles. The summed E-state index contributed by atoms with van der Waals surface area (Å²) in [4.78, 5) is 1.44. The second kappa shape index (κ2) is 7.61. The highest BCUT2D eigenvalue weighted by Gasteiger charge is 2.19. The number of aromatic nitrogens is 3. The molecule has 3 rings (SSSR count). The standard InChI is InChI=1S/C15H18ClFN4OS/c1-20-14(9-21-5-7-22-8-6-21)18-19-15(20)23-10-11-12(16)3-2-4-13(11)17/h2-4H,5-10H2,1H3/p+1. The highest BCUT2D eigenvalue weighted by molar-refractivity contribution is 7.98. The lowest BCUT2D eigenvalue weighted by Gasteiger charge is -2.23. The van der Waals surface area contributed by atoms with Gasteiger partial charge in [-0.3, -0.25) is 0 Å². The zero-order valence-electron chi connectivity index (χ0n) is 12.9. The Hall–Kier alpha value is -1.15. The van der Waals surface area contributed by atoms with Crippen LogP contribution in [-0.4, -0.2) is 41.1 Å². The van der Waals surface area contributed by atoms with E-state index < -0.39 is 0 Å². The van der Waals surface area contributed by atoms with E-state index in [4.69, 9.17) is 16.3 Å². The summed E-state index contributed by atoms with van der Waals surface area (Å²) in [6.45, 7) is 4.38. The zero-order chi connectivity index (χ0) is 16.2. The van der Waals surface area contributed by atoms with Crippen molar-refractivity contribution in [2.45, 2.75) is 17.5 Å². The average Bonchev–Trinajstić information content (AvgIpc) is 2.89. The van der Waals surface area contributed by atoms with E-state index in [9.17, 15) is 4.39 Å². The summed E-state index contributed by atoms with van der Waals surface area (Å²) in [5.74, 6) is 1.08. The molecule has 23 heavy (non-hydrogen) atoms. The Balaban J connectivity index is 1.65. The van der Waals surface area contributed by atoms with Crippen LogP contribution >= 0.6 is 23.4 Å². The summed E-state index contributed by atoms with van der Waals surface area (Å²) >= 11 is 7.50. The highest BCUT2D eigenvalue weighted by atomic mass is 35.5. The SMILES string of the molecule is Cn1c(C[NH+]2CCOCC2)nnc1SCc1c(F)cccc1Cl. The van der Waals surface area contributed by atoms with Crippen molar-refractivity contribution >= 4 is 23.4 Å². The first-order valence-corrected chi connectivity index (χ1v) is 8.87. The first-order chi connectivity index (χ1) is 11.1. The van der Waals surface area contributed by atoms with Gasteiger partial charge >= 0.3 is 0 Å². The maximum absolute atomic E-state index is 13.8. The first kappa shape index (κ1) is 16.7. The number of nitrogens with one attached hydrogen (secondary N) is 1. The third kappa shape index (κ3) is 4.03.